The number of sulfonamides is 1. The lowest BCUT2D eigenvalue weighted by atomic mass is 10.1. The van der Waals surface area contributed by atoms with Gasteiger partial charge in [0.25, 0.3) is 0 Å². The summed E-state index contributed by atoms with van der Waals surface area (Å²) in [5.41, 5.74) is 2.70. The van der Waals surface area contributed by atoms with Gasteiger partial charge >= 0.3 is 0 Å². The molecule has 3 rings (SSSR count). The van der Waals surface area contributed by atoms with Crippen molar-refractivity contribution in [3.8, 4) is 11.5 Å². The van der Waals surface area contributed by atoms with Gasteiger partial charge in [-0.05, 0) is 74.2 Å². The third kappa shape index (κ3) is 4.25. The highest BCUT2D eigenvalue weighted by Gasteiger charge is 2.26. The molecular weight excluding hydrogens is 376 g/mol. The van der Waals surface area contributed by atoms with E-state index in [1.807, 2.05) is 38.1 Å². The molecule has 0 atom stereocenters. The molecule has 1 aliphatic heterocycles. The molecule has 1 saturated heterocycles. The van der Waals surface area contributed by atoms with Crippen molar-refractivity contribution in [2.24, 2.45) is 0 Å². The van der Waals surface area contributed by atoms with E-state index in [2.05, 4.69) is 9.62 Å². The monoisotopic (exact) mass is 404 g/mol. The number of benzene rings is 2. The van der Waals surface area contributed by atoms with E-state index in [0.29, 0.717) is 10.6 Å². The van der Waals surface area contributed by atoms with Crippen molar-refractivity contribution in [3.05, 3.63) is 47.5 Å². The van der Waals surface area contributed by atoms with Gasteiger partial charge in [0.2, 0.25) is 10.0 Å². The second-order valence-corrected chi connectivity index (χ2v) is 8.78. The van der Waals surface area contributed by atoms with Gasteiger partial charge in [0, 0.05) is 24.8 Å². The molecule has 0 spiro atoms. The molecule has 6 nitrogen and oxygen atoms in total. The molecule has 2 aromatic rings. The zero-order chi connectivity index (χ0) is 20.3. The fourth-order valence-electron chi connectivity index (χ4n) is 3.61. The molecule has 7 heteroatoms. The van der Waals surface area contributed by atoms with E-state index in [0.717, 1.165) is 48.5 Å². The summed E-state index contributed by atoms with van der Waals surface area (Å²) >= 11 is 0. The quantitative estimate of drug-likeness (QED) is 0.800. The van der Waals surface area contributed by atoms with Gasteiger partial charge in [-0.25, -0.2) is 13.1 Å². The highest BCUT2D eigenvalue weighted by molar-refractivity contribution is 7.89. The third-order valence-electron chi connectivity index (χ3n) is 5.45. The second-order valence-electron chi connectivity index (χ2n) is 7.10. The van der Waals surface area contributed by atoms with E-state index < -0.39 is 10.0 Å². The Morgan fingerprint density at radius 2 is 1.57 bits per heavy atom. The van der Waals surface area contributed by atoms with Crippen LogP contribution >= 0.6 is 0 Å². The normalized spacial score (nSPS) is 15.5. The van der Waals surface area contributed by atoms with Crippen LogP contribution in [0.4, 0.5) is 5.69 Å². The highest BCUT2D eigenvalue weighted by Crippen LogP contribution is 2.28. The number of hydrogen-bond donors (Lipinski definition) is 1. The molecule has 0 radical (unpaired) electrons. The molecule has 152 valence electrons. The van der Waals surface area contributed by atoms with Crippen molar-refractivity contribution in [2.75, 3.05) is 32.2 Å². The predicted octanol–water partition coefficient (Wildman–Crippen LogP) is 3.27. The summed E-state index contributed by atoms with van der Waals surface area (Å²) in [6.45, 7) is 5.31. The molecule has 0 unspecified atom stereocenters. The number of ether oxygens (including phenoxy) is 2. The minimum atomic E-state index is -3.57. The first-order chi connectivity index (χ1) is 13.4. The Labute approximate surface area is 167 Å². The first-order valence-electron chi connectivity index (χ1n) is 9.41. The van der Waals surface area contributed by atoms with Crippen molar-refractivity contribution in [2.45, 2.75) is 37.6 Å². The average molecular weight is 405 g/mol. The van der Waals surface area contributed by atoms with E-state index in [1.54, 1.807) is 26.4 Å². The molecule has 0 aromatic heterocycles. The van der Waals surface area contributed by atoms with Crippen LogP contribution in [0.25, 0.3) is 0 Å². The average Bonchev–Trinajstić information content (AvgIpc) is 2.70. The van der Waals surface area contributed by atoms with Crippen LogP contribution < -0.4 is 19.1 Å². The van der Waals surface area contributed by atoms with E-state index in [9.17, 15) is 8.42 Å². The Morgan fingerprint density at radius 1 is 0.929 bits per heavy atom. The van der Waals surface area contributed by atoms with Crippen LogP contribution in [0.2, 0.25) is 0 Å². The molecule has 0 aliphatic carbocycles. The van der Waals surface area contributed by atoms with Gasteiger partial charge in [-0.3, -0.25) is 0 Å². The molecule has 0 saturated carbocycles. The third-order valence-corrected chi connectivity index (χ3v) is 7.12. The number of rotatable bonds is 6. The Kier molecular flexibility index (Phi) is 6.15. The van der Waals surface area contributed by atoms with Crippen LogP contribution in [0.5, 0.6) is 11.5 Å². The Morgan fingerprint density at radius 3 is 2.14 bits per heavy atom. The lowest BCUT2D eigenvalue weighted by molar-refractivity contribution is 0.410. The Bertz CT molecular complexity index is 918. The summed E-state index contributed by atoms with van der Waals surface area (Å²) in [5, 5.41) is 0. The van der Waals surface area contributed by atoms with Crippen LogP contribution in [-0.4, -0.2) is 41.8 Å². The molecule has 1 aliphatic rings. The standard InChI is InChI=1S/C21H28N2O4S/c1-15-16(2)21(10-9-20(15)27-4)28(24,25)22-17-11-13-23(14-12-17)18-5-7-19(26-3)8-6-18/h5-10,17,22H,11-14H2,1-4H3. The molecule has 1 heterocycles. The van der Waals surface area contributed by atoms with Crippen LogP contribution in [0, 0.1) is 13.8 Å². The molecule has 1 N–H and O–H groups in total. The van der Waals surface area contributed by atoms with Crippen LogP contribution in [-0.2, 0) is 10.0 Å². The van der Waals surface area contributed by atoms with Gasteiger partial charge in [-0.2, -0.15) is 0 Å². The van der Waals surface area contributed by atoms with Gasteiger partial charge in [0.1, 0.15) is 11.5 Å². The van der Waals surface area contributed by atoms with E-state index in [4.69, 9.17) is 9.47 Å². The van der Waals surface area contributed by atoms with E-state index >= 15 is 0 Å². The molecular formula is C21H28N2O4S. The van der Waals surface area contributed by atoms with Gasteiger partial charge < -0.3 is 14.4 Å². The summed E-state index contributed by atoms with van der Waals surface area (Å²) in [7, 11) is -0.330. The maximum absolute atomic E-state index is 12.9. The Balaban J connectivity index is 1.66. The molecule has 0 bridgehead atoms. The first kappa shape index (κ1) is 20.5. The topological polar surface area (TPSA) is 67.9 Å². The van der Waals surface area contributed by atoms with Gasteiger partial charge in [0.05, 0.1) is 19.1 Å². The maximum Gasteiger partial charge on any atom is 0.241 e. The first-order valence-corrected chi connectivity index (χ1v) is 10.9. The largest absolute Gasteiger partial charge is 0.497 e. The molecule has 28 heavy (non-hydrogen) atoms. The van der Waals surface area contributed by atoms with Gasteiger partial charge in [-0.15, -0.1) is 0 Å². The SMILES string of the molecule is COc1ccc(N2CCC(NS(=O)(=O)c3ccc(OC)c(C)c3C)CC2)cc1. The van der Waals surface area contributed by atoms with Crippen molar-refractivity contribution >= 4 is 15.7 Å². The number of piperidine rings is 1. The summed E-state index contributed by atoms with van der Waals surface area (Å²) in [6.07, 6.45) is 1.53. The van der Waals surface area contributed by atoms with Crippen molar-refractivity contribution in [3.63, 3.8) is 0 Å². The van der Waals surface area contributed by atoms with Crippen molar-refractivity contribution in [1.82, 2.24) is 4.72 Å². The number of nitrogens with zero attached hydrogens (tertiary/aromatic N) is 1. The van der Waals surface area contributed by atoms with Crippen LogP contribution in [0.3, 0.4) is 0 Å². The molecule has 2 aromatic carbocycles. The van der Waals surface area contributed by atoms with Crippen molar-refractivity contribution < 1.29 is 17.9 Å². The zero-order valence-corrected chi connectivity index (χ0v) is 17.7. The summed E-state index contributed by atoms with van der Waals surface area (Å²) in [4.78, 5) is 2.59. The number of hydrogen-bond acceptors (Lipinski definition) is 5. The zero-order valence-electron chi connectivity index (χ0n) is 16.9. The van der Waals surface area contributed by atoms with E-state index in [1.165, 1.54) is 0 Å². The predicted molar refractivity (Wildman–Crippen MR) is 111 cm³/mol. The number of methoxy groups -OCH3 is 2. The van der Waals surface area contributed by atoms with Crippen LogP contribution in [0.15, 0.2) is 41.3 Å². The number of nitrogens with one attached hydrogen (secondary N) is 1. The summed E-state index contributed by atoms with van der Waals surface area (Å²) < 4.78 is 39.2. The Hall–Kier alpha value is -2.25. The fourth-order valence-corrected chi connectivity index (χ4v) is 5.22. The fraction of sp³-hybridized carbons (Fsp3) is 0.429. The lowest BCUT2D eigenvalue weighted by Gasteiger charge is -2.34. The minimum Gasteiger partial charge on any atom is -0.497 e. The van der Waals surface area contributed by atoms with Gasteiger partial charge in [-0.1, -0.05) is 0 Å². The summed E-state index contributed by atoms with van der Waals surface area (Å²) in [5.74, 6) is 1.53. The smallest absolute Gasteiger partial charge is 0.241 e. The second kappa shape index (κ2) is 8.41. The van der Waals surface area contributed by atoms with E-state index in [-0.39, 0.29) is 6.04 Å². The minimum absolute atomic E-state index is 0.0682. The number of anilines is 1. The van der Waals surface area contributed by atoms with Crippen LogP contribution in [0.1, 0.15) is 24.0 Å². The molecule has 0 amide bonds. The maximum atomic E-state index is 12.9. The highest BCUT2D eigenvalue weighted by atomic mass is 32.2. The van der Waals surface area contributed by atoms with Crippen molar-refractivity contribution in [1.29, 1.82) is 0 Å². The summed E-state index contributed by atoms with van der Waals surface area (Å²) in [6, 6.07) is 11.2. The lowest BCUT2D eigenvalue weighted by Crippen LogP contribution is -2.44. The molecule has 1 fully saturated rings. The van der Waals surface area contributed by atoms with Gasteiger partial charge in [0.15, 0.2) is 0 Å².